The summed E-state index contributed by atoms with van der Waals surface area (Å²) in [5, 5.41) is -1.06. The SMILES string of the molecule is CCCCCCCC(=O)OCC(C)S(=O)(=O)O.[Na]. The molecule has 0 heterocycles. The molecule has 1 atom stereocenters. The molecule has 103 valence electrons. The summed E-state index contributed by atoms with van der Waals surface area (Å²) in [4.78, 5) is 11.2. The summed E-state index contributed by atoms with van der Waals surface area (Å²) in [6.45, 7) is 3.13. The van der Waals surface area contributed by atoms with Crippen molar-refractivity contribution in [3.8, 4) is 0 Å². The van der Waals surface area contributed by atoms with Crippen molar-refractivity contribution in [1.82, 2.24) is 0 Å². The third kappa shape index (κ3) is 11.5. The van der Waals surface area contributed by atoms with Crippen LogP contribution >= 0.6 is 0 Å². The Bertz CT molecular complexity index is 315. The van der Waals surface area contributed by atoms with E-state index in [1.165, 1.54) is 6.92 Å². The summed E-state index contributed by atoms with van der Waals surface area (Å²) in [6, 6.07) is 0. The standard InChI is InChI=1S/C11H22O5S.Na/c1-3-4-5-6-7-8-11(12)16-9-10(2)17(13,14)15;/h10H,3-9H2,1-2H3,(H,13,14,15);. The number of ether oxygens (including phenoxy) is 1. The topological polar surface area (TPSA) is 80.7 Å². The Hall–Kier alpha value is 0.380. The third-order valence-corrected chi connectivity index (χ3v) is 3.62. The molecule has 0 aromatic heterocycles. The molecule has 1 unspecified atom stereocenters. The van der Waals surface area contributed by atoms with E-state index in [1.807, 2.05) is 0 Å². The zero-order valence-electron chi connectivity index (χ0n) is 11.5. The van der Waals surface area contributed by atoms with Gasteiger partial charge in [-0.05, 0) is 13.3 Å². The number of unbranched alkanes of at least 4 members (excludes halogenated alkanes) is 4. The van der Waals surface area contributed by atoms with E-state index in [0.717, 1.165) is 32.1 Å². The minimum absolute atomic E-state index is 0. The second-order valence-electron chi connectivity index (χ2n) is 4.17. The van der Waals surface area contributed by atoms with Crippen LogP contribution in [0.3, 0.4) is 0 Å². The van der Waals surface area contributed by atoms with Gasteiger partial charge in [0.2, 0.25) is 0 Å². The summed E-state index contributed by atoms with van der Waals surface area (Å²) < 4.78 is 34.7. The average molecular weight is 289 g/mol. The Morgan fingerprint density at radius 3 is 2.28 bits per heavy atom. The van der Waals surface area contributed by atoms with Crippen molar-refractivity contribution < 1.29 is 22.5 Å². The Labute approximate surface area is 132 Å². The molecule has 0 saturated carbocycles. The van der Waals surface area contributed by atoms with Gasteiger partial charge < -0.3 is 4.74 Å². The Morgan fingerprint density at radius 1 is 1.22 bits per heavy atom. The predicted molar refractivity (Wildman–Crippen MR) is 71.1 cm³/mol. The Balaban J connectivity index is 0. The molecule has 0 aromatic carbocycles. The van der Waals surface area contributed by atoms with Crippen LogP contribution in [0.5, 0.6) is 0 Å². The van der Waals surface area contributed by atoms with Gasteiger partial charge in [0.25, 0.3) is 10.1 Å². The molecule has 0 bridgehead atoms. The molecule has 1 radical (unpaired) electrons. The van der Waals surface area contributed by atoms with Crippen LogP contribution in [-0.2, 0) is 19.6 Å². The maximum absolute atomic E-state index is 11.2. The monoisotopic (exact) mass is 289 g/mol. The van der Waals surface area contributed by atoms with Crippen LogP contribution in [0.15, 0.2) is 0 Å². The summed E-state index contributed by atoms with van der Waals surface area (Å²) in [5.41, 5.74) is 0. The van der Waals surface area contributed by atoms with E-state index in [0.29, 0.717) is 6.42 Å². The summed E-state index contributed by atoms with van der Waals surface area (Å²) >= 11 is 0. The number of esters is 1. The van der Waals surface area contributed by atoms with Crippen molar-refractivity contribution in [3.63, 3.8) is 0 Å². The number of carbonyl (C=O) groups excluding carboxylic acids is 1. The molecule has 0 fully saturated rings. The number of rotatable bonds is 9. The molecular formula is C11H22NaO5S. The number of hydrogen-bond donors (Lipinski definition) is 1. The van der Waals surface area contributed by atoms with E-state index in [4.69, 9.17) is 9.29 Å². The molecule has 0 spiro atoms. The van der Waals surface area contributed by atoms with Crippen LogP contribution < -0.4 is 0 Å². The van der Waals surface area contributed by atoms with Crippen molar-refractivity contribution in [2.24, 2.45) is 0 Å². The molecule has 0 aromatic rings. The van der Waals surface area contributed by atoms with E-state index in [-0.39, 0.29) is 36.2 Å². The van der Waals surface area contributed by atoms with E-state index in [2.05, 4.69) is 6.92 Å². The van der Waals surface area contributed by atoms with Gasteiger partial charge in [0.15, 0.2) is 0 Å². The molecule has 0 aliphatic heterocycles. The fourth-order valence-corrected chi connectivity index (χ4v) is 1.48. The van der Waals surface area contributed by atoms with Crippen LogP contribution in [0.2, 0.25) is 0 Å². The van der Waals surface area contributed by atoms with Crippen LogP contribution in [0.25, 0.3) is 0 Å². The second kappa shape index (κ2) is 11.2. The van der Waals surface area contributed by atoms with Gasteiger partial charge in [0, 0.05) is 36.0 Å². The average Bonchev–Trinajstić information content (AvgIpc) is 2.24. The fraction of sp³-hybridized carbons (Fsp3) is 0.909. The second-order valence-corrected chi connectivity index (χ2v) is 6.01. The third-order valence-electron chi connectivity index (χ3n) is 2.47. The van der Waals surface area contributed by atoms with Crippen LogP contribution in [0, 0.1) is 0 Å². The largest absolute Gasteiger partial charge is 0.464 e. The van der Waals surface area contributed by atoms with Crippen molar-refractivity contribution in [3.05, 3.63) is 0 Å². The van der Waals surface area contributed by atoms with Crippen molar-refractivity contribution >= 4 is 45.6 Å². The molecule has 5 nitrogen and oxygen atoms in total. The Morgan fingerprint density at radius 2 is 1.78 bits per heavy atom. The normalized spacial score (nSPS) is 12.6. The maximum Gasteiger partial charge on any atom is 0.305 e. The van der Waals surface area contributed by atoms with Gasteiger partial charge in [0.05, 0.1) is 0 Å². The van der Waals surface area contributed by atoms with Gasteiger partial charge in [0.1, 0.15) is 11.9 Å². The van der Waals surface area contributed by atoms with E-state index in [9.17, 15) is 13.2 Å². The van der Waals surface area contributed by atoms with Crippen molar-refractivity contribution in [2.75, 3.05) is 6.61 Å². The molecule has 1 N–H and O–H groups in total. The molecule has 0 rings (SSSR count). The van der Waals surface area contributed by atoms with Crippen molar-refractivity contribution in [1.29, 1.82) is 0 Å². The van der Waals surface area contributed by atoms with Gasteiger partial charge in [-0.1, -0.05) is 32.6 Å². The maximum atomic E-state index is 11.2. The molecule has 0 aliphatic rings. The first-order valence-corrected chi connectivity index (χ1v) is 7.50. The summed E-state index contributed by atoms with van der Waals surface area (Å²) in [5.74, 6) is -0.406. The first-order chi connectivity index (χ1) is 7.88. The minimum atomic E-state index is -4.11. The zero-order valence-corrected chi connectivity index (χ0v) is 14.3. The van der Waals surface area contributed by atoms with E-state index >= 15 is 0 Å². The zero-order chi connectivity index (χ0) is 13.3. The van der Waals surface area contributed by atoms with E-state index in [1.54, 1.807) is 0 Å². The number of hydrogen-bond acceptors (Lipinski definition) is 4. The van der Waals surface area contributed by atoms with Gasteiger partial charge >= 0.3 is 5.97 Å². The molecular weight excluding hydrogens is 267 g/mol. The number of carbonyl (C=O) groups is 1. The minimum Gasteiger partial charge on any atom is -0.464 e. The van der Waals surface area contributed by atoms with Crippen LogP contribution in [0.1, 0.15) is 52.4 Å². The molecule has 18 heavy (non-hydrogen) atoms. The first kappa shape index (κ1) is 20.7. The van der Waals surface area contributed by atoms with Crippen LogP contribution in [-0.4, -0.2) is 60.4 Å². The predicted octanol–water partition coefficient (Wildman–Crippen LogP) is 1.79. The molecule has 7 heteroatoms. The van der Waals surface area contributed by atoms with E-state index < -0.39 is 21.3 Å². The summed E-state index contributed by atoms with van der Waals surface area (Å²) in [7, 11) is -4.11. The summed E-state index contributed by atoms with van der Waals surface area (Å²) in [6.07, 6.45) is 5.47. The molecule has 0 amide bonds. The van der Waals surface area contributed by atoms with Gasteiger partial charge in [-0.15, -0.1) is 0 Å². The van der Waals surface area contributed by atoms with Gasteiger partial charge in [-0.3, -0.25) is 9.35 Å². The van der Waals surface area contributed by atoms with Gasteiger partial charge in [-0.25, -0.2) is 0 Å². The Kier molecular flexibility index (Phi) is 12.9. The smallest absolute Gasteiger partial charge is 0.305 e. The quantitative estimate of drug-likeness (QED) is 0.303. The molecule has 0 aliphatic carbocycles. The first-order valence-electron chi connectivity index (χ1n) is 5.99. The fourth-order valence-electron chi connectivity index (χ4n) is 1.24. The van der Waals surface area contributed by atoms with Gasteiger partial charge in [-0.2, -0.15) is 8.42 Å². The van der Waals surface area contributed by atoms with Crippen LogP contribution in [0.4, 0.5) is 0 Å². The van der Waals surface area contributed by atoms with Crippen molar-refractivity contribution in [2.45, 2.75) is 57.6 Å². The molecule has 0 saturated heterocycles.